The third kappa shape index (κ3) is 5.30. The summed E-state index contributed by atoms with van der Waals surface area (Å²) in [6, 6.07) is 56.3. The Bertz CT molecular complexity index is 3300. The quantitative estimate of drug-likeness (QED) is 0.180. The van der Waals surface area contributed by atoms with E-state index in [1.54, 1.807) is 0 Å². The predicted molar refractivity (Wildman–Crippen MR) is 260 cm³/mol. The van der Waals surface area contributed by atoms with Gasteiger partial charge in [-0.15, -0.1) is 0 Å². The minimum absolute atomic E-state index is 0.0769. The second-order valence-electron chi connectivity index (χ2n) is 19.6. The molecule has 0 saturated heterocycles. The Morgan fingerprint density at radius 2 is 1.23 bits per heavy atom. The molecule has 3 heterocycles. The normalized spacial score (nSPS) is 16.4. The summed E-state index contributed by atoms with van der Waals surface area (Å²) in [7, 11) is 0.832. The number of rotatable bonds is 4. The van der Waals surface area contributed by atoms with E-state index in [1.165, 1.54) is 96.1 Å². The molecule has 12 rings (SSSR count). The molecule has 1 aromatic heterocycles. The van der Waals surface area contributed by atoms with Crippen LogP contribution in [0.5, 0.6) is 0 Å². The molecular formula is C57H49BN2O. The molecule has 0 atom stereocenters. The maximum Gasteiger partial charge on any atom is 0.198 e. The summed E-state index contributed by atoms with van der Waals surface area (Å²) < 4.78 is 6.58. The Morgan fingerprint density at radius 1 is 0.525 bits per heavy atom. The first-order chi connectivity index (χ1) is 29.5. The number of hydrogen-bond donors (Lipinski definition) is 1. The summed E-state index contributed by atoms with van der Waals surface area (Å²) in [5, 5.41) is 8.70. The van der Waals surface area contributed by atoms with E-state index in [4.69, 9.17) is 4.42 Å². The smallest absolute Gasteiger partial charge is 0.198 e. The zero-order valence-electron chi connectivity index (χ0n) is 35.9. The molecule has 61 heavy (non-hydrogen) atoms. The average Bonchev–Trinajstić information content (AvgIpc) is 3.66. The van der Waals surface area contributed by atoms with E-state index in [0.717, 1.165) is 40.6 Å². The largest absolute Gasteiger partial charge is 0.454 e. The first-order valence-electron chi connectivity index (χ1n) is 22.0. The monoisotopic (exact) mass is 788 g/mol. The zero-order chi connectivity index (χ0) is 41.4. The van der Waals surface area contributed by atoms with Crippen molar-refractivity contribution in [3.8, 4) is 22.3 Å². The van der Waals surface area contributed by atoms with Crippen LogP contribution in [0.3, 0.4) is 0 Å². The minimum Gasteiger partial charge on any atom is -0.454 e. The lowest BCUT2D eigenvalue weighted by Gasteiger charge is -2.49. The molecule has 3 aliphatic rings. The van der Waals surface area contributed by atoms with Crippen LogP contribution in [0.4, 0.5) is 28.4 Å². The number of hydrogen-bond acceptors (Lipinski definition) is 3. The molecule has 2 aliphatic heterocycles. The van der Waals surface area contributed by atoms with Crippen LogP contribution in [0.25, 0.3) is 55.0 Å². The lowest BCUT2D eigenvalue weighted by molar-refractivity contribution is 0.331. The molecular weight excluding hydrogens is 739 g/mol. The van der Waals surface area contributed by atoms with Crippen LogP contribution in [0.2, 0.25) is 0 Å². The van der Waals surface area contributed by atoms with Crippen molar-refractivity contribution in [2.45, 2.75) is 70.6 Å². The van der Waals surface area contributed by atoms with Crippen molar-refractivity contribution in [3.63, 3.8) is 0 Å². The maximum atomic E-state index is 6.58. The summed E-state index contributed by atoms with van der Waals surface area (Å²) in [6.45, 7) is 14.7. The number of para-hydroxylation sites is 3. The molecule has 0 unspecified atom stereocenters. The van der Waals surface area contributed by atoms with Crippen LogP contribution in [0.15, 0.2) is 156 Å². The number of anilines is 5. The van der Waals surface area contributed by atoms with Gasteiger partial charge in [0.15, 0.2) is 12.9 Å². The minimum atomic E-state index is -0.173. The fraction of sp³-hybridized carbons (Fsp3) is 0.193. The molecule has 0 fully saturated rings. The molecule has 3 nitrogen and oxygen atoms in total. The highest BCUT2D eigenvalue weighted by Crippen LogP contribution is 2.57. The van der Waals surface area contributed by atoms with Crippen molar-refractivity contribution in [1.29, 1.82) is 0 Å². The van der Waals surface area contributed by atoms with Gasteiger partial charge in [-0.2, -0.15) is 0 Å². The van der Waals surface area contributed by atoms with Gasteiger partial charge >= 0.3 is 0 Å². The molecule has 0 bridgehead atoms. The fourth-order valence-electron chi connectivity index (χ4n) is 11.2. The SMILES string of the molecule is CC1(C)CCC(C)(C)c2cc3c(cc21)N1c2c(cccc2C3(C)C)Bc2c(-c3cc(-c4ccccc4)ccc3Nc3cccc4c3oc3ccccc34)cc3ccccc3c21. The molecule has 0 spiro atoms. The topological polar surface area (TPSA) is 28.4 Å². The molecule has 0 amide bonds. The summed E-state index contributed by atoms with van der Waals surface area (Å²) in [5.41, 5.74) is 21.1. The van der Waals surface area contributed by atoms with Gasteiger partial charge in [-0.3, -0.25) is 0 Å². The van der Waals surface area contributed by atoms with Gasteiger partial charge in [-0.05, 0) is 110 Å². The number of furan rings is 1. The van der Waals surface area contributed by atoms with Crippen LogP contribution >= 0.6 is 0 Å². The van der Waals surface area contributed by atoms with E-state index in [0.29, 0.717) is 0 Å². The second kappa shape index (κ2) is 12.8. The highest BCUT2D eigenvalue weighted by atomic mass is 16.3. The van der Waals surface area contributed by atoms with Gasteiger partial charge in [0, 0.05) is 44.2 Å². The fourth-order valence-corrected chi connectivity index (χ4v) is 11.2. The van der Waals surface area contributed by atoms with Crippen molar-refractivity contribution < 1.29 is 4.42 Å². The molecule has 8 aromatic carbocycles. The van der Waals surface area contributed by atoms with E-state index in [1.807, 2.05) is 6.07 Å². The van der Waals surface area contributed by atoms with Crippen LogP contribution in [-0.4, -0.2) is 7.28 Å². The maximum absolute atomic E-state index is 6.58. The molecule has 296 valence electrons. The third-order valence-electron chi connectivity index (χ3n) is 14.7. The van der Waals surface area contributed by atoms with Crippen LogP contribution in [0, 0.1) is 0 Å². The molecule has 0 saturated carbocycles. The van der Waals surface area contributed by atoms with Gasteiger partial charge in [0.05, 0.1) is 11.4 Å². The van der Waals surface area contributed by atoms with E-state index in [-0.39, 0.29) is 16.2 Å². The van der Waals surface area contributed by atoms with Crippen LogP contribution in [-0.2, 0) is 16.2 Å². The van der Waals surface area contributed by atoms with Crippen molar-refractivity contribution in [3.05, 3.63) is 174 Å². The highest BCUT2D eigenvalue weighted by Gasteiger charge is 2.45. The van der Waals surface area contributed by atoms with Crippen LogP contribution < -0.4 is 21.1 Å². The van der Waals surface area contributed by atoms with Crippen molar-refractivity contribution in [2.75, 3.05) is 10.2 Å². The molecule has 9 aromatic rings. The summed E-state index contributed by atoms with van der Waals surface area (Å²) >= 11 is 0. The van der Waals surface area contributed by atoms with E-state index >= 15 is 0 Å². The zero-order valence-corrected chi connectivity index (χ0v) is 35.9. The Balaban J connectivity index is 1.14. The average molecular weight is 789 g/mol. The number of nitrogens with one attached hydrogen (secondary N) is 1. The Labute approximate surface area is 359 Å². The van der Waals surface area contributed by atoms with Gasteiger partial charge in [0.25, 0.3) is 0 Å². The molecule has 0 radical (unpaired) electrons. The van der Waals surface area contributed by atoms with Crippen molar-refractivity contribution in [1.82, 2.24) is 0 Å². The summed E-state index contributed by atoms with van der Waals surface area (Å²) in [5.74, 6) is 0. The highest BCUT2D eigenvalue weighted by molar-refractivity contribution is 6.74. The number of nitrogens with zero attached hydrogens (tertiary/aromatic N) is 1. The van der Waals surface area contributed by atoms with Gasteiger partial charge in [-0.1, -0.05) is 162 Å². The van der Waals surface area contributed by atoms with E-state index in [9.17, 15) is 0 Å². The molecule has 4 heteroatoms. The first-order valence-corrected chi connectivity index (χ1v) is 22.0. The molecule has 1 aliphatic carbocycles. The van der Waals surface area contributed by atoms with Crippen LogP contribution in [0.1, 0.15) is 76.6 Å². The van der Waals surface area contributed by atoms with Gasteiger partial charge in [0.2, 0.25) is 0 Å². The Morgan fingerprint density at radius 3 is 2.05 bits per heavy atom. The Kier molecular flexibility index (Phi) is 7.60. The van der Waals surface area contributed by atoms with Gasteiger partial charge in [-0.25, -0.2) is 0 Å². The second-order valence-corrected chi connectivity index (χ2v) is 19.6. The van der Waals surface area contributed by atoms with Crippen molar-refractivity contribution in [2.24, 2.45) is 0 Å². The summed E-state index contributed by atoms with van der Waals surface area (Å²) in [6.07, 6.45) is 2.37. The lowest BCUT2D eigenvalue weighted by Crippen LogP contribution is -2.46. The van der Waals surface area contributed by atoms with Crippen molar-refractivity contribution >= 4 is 79.4 Å². The van der Waals surface area contributed by atoms with Gasteiger partial charge < -0.3 is 14.6 Å². The Hall–Kier alpha value is -6.52. The summed E-state index contributed by atoms with van der Waals surface area (Å²) in [4.78, 5) is 2.69. The lowest BCUT2D eigenvalue weighted by atomic mass is 9.55. The molecule has 1 N–H and O–H groups in total. The standard InChI is InChI=1S/C57H49BN2O/c1-55(2)28-29-56(3,4)44-33-49-45(32-43(44)55)57(5,6)42-22-15-23-46-53(42)60(49)52-37-19-11-10-18-36(37)31-41(51(52)58-46)40-30-35(34-16-8-7-9-17-34)26-27-47(40)59-48-24-14-21-39-38-20-12-13-25-50(38)61-54(39)48/h7-27,30-33,58-59H,28-29H2,1-6H3. The van der Waals surface area contributed by atoms with E-state index in [2.05, 4.69) is 197 Å². The number of benzene rings is 8. The van der Waals surface area contributed by atoms with Gasteiger partial charge in [0.1, 0.15) is 5.58 Å². The number of fused-ring (bicyclic) bond motifs is 10. The first kappa shape index (κ1) is 36.3. The van der Waals surface area contributed by atoms with E-state index < -0.39 is 0 Å². The third-order valence-corrected chi connectivity index (χ3v) is 14.7. The predicted octanol–water partition coefficient (Wildman–Crippen LogP) is 14.0.